The van der Waals surface area contributed by atoms with E-state index in [0.717, 1.165) is 5.56 Å². The Balaban J connectivity index is 1.94. The molecule has 0 bridgehead atoms. The number of anilines is 1. The minimum atomic E-state index is -1.16. The van der Waals surface area contributed by atoms with Crippen LogP contribution >= 0.6 is 11.6 Å². The smallest absolute Gasteiger partial charge is 0.335 e. The number of aryl methyl sites for hydroxylation is 1. The van der Waals surface area contributed by atoms with E-state index < -0.39 is 23.7 Å². The monoisotopic (exact) mass is 447 g/mol. The third-order valence-electron chi connectivity index (χ3n) is 5.33. The van der Waals surface area contributed by atoms with E-state index in [1.54, 1.807) is 54.6 Å². The molecule has 2 N–H and O–H groups in total. The lowest BCUT2D eigenvalue weighted by molar-refractivity contribution is -0.132. The largest absolute Gasteiger partial charge is 0.507 e. The first-order valence-corrected chi connectivity index (χ1v) is 10.1. The molecule has 32 heavy (non-hydrogen) atoms. The second-order valence-corrected chi connectivity index (χ2v) is 7.88. The highest BCUT2D eigenvalue weighted by Crippen LogP contribution is 2.42. The summed E-state index contributed by atoms with van der Waals surface area (Å²) in [6.45, 7) is 1.89. The number of hydrogen-bond donors (Lipinski definition) is 2. The molecule has 1 amide bonds. The Hall–Kier alpha value is -3.90. The summed E-state index contributed by atoms with van der Waals surface area (Å²) in [6.07, 6.45) is 0. The van der Waals surface area contributed by atoms with Crippen molar-refractivity contribution < 1.29 is 24.6 Å². The number of aliphatic hydroxyl groups excluding tert-OH is 1. The van der Waals surface area contributed by atoms with Crippen LogP contribution in [-0.2, 0) is 9.59 Å². The maximum Gasteiger partial charge on any atom is 0.335 e. The minimum Gasteiger partial charge on any atom is -0.507 e. The van der Waals surface area contributed by atoms with Gasteiger partial charge in [-0.2, -0.15) is 0 Å². The number of rotatable bonds is 4. The van der Waals surface area contributed by atoms with Crippen LogP contribution < -0.4 is 4.90 Å². The number of benzene rings is 3. The first-order chi connectivity index (χ1) is 15.3. The molecule has 0 aliphatic carbocycles. The second-order valence-electron chi connectivity index (χ2n) is 7.44. The van der Waals surface area contributed by atoms with E-state index in [0.29, 0.717) is 16.1 Å². The summed E-state index contributed by atoms with van der Waals surface area (Å²) < 4.78 is 0. The quantitative estimate of drug-likeness (QED) is 0.334. The van der Waals surface area contributed by atoms with Gasteiger partial charge in [-0.15, -0.1) is 0 Å². The Morgan fingerprint density at radius 2 is 1.56 bits per heavy atom. The molecule has 0 radical (unpaired) electrons. The van der Waals surface area contributed by atoms with Crippen molar-refractivity contribution in [3.8, 4) is 0 Å². The lowest BCUT2D eigenvalue weighted by Crippen LogP contribution is -2.29. The maximum atomic E-state index is 13.1. The molecule has 160 valence electrons. The summed E-state index contributed by atoms with van der Waals surface area (Å²) in [5.74, 6) is -3.18. The fraction of sp³-hybridized carbons (Fsp3) is 0.0800. The zero-order chi connectivity index (χ0) is 23.0. The summed E-state index contributed by atoms with van der Waals surface area (Å²) in [4.78, 5) is 38.8. The third kappa shape index (κ3) is 3.76. The van der Waals surface area contributed by atoms with Gasteiger partial charge in [-0.3, -0.25) is 14.5 Å². The van der Waals surface area contributed by atoms with Crippen molar-refractivity contribution in [1.29, 1.82) is 0 Å². The van der Waals surface area contributed by atoms with Crippen LogP contribution in [0.1, 0.15) is 33.1 Å². The van der Waals surface area contributed by atoms with Crippen molar-refractivity contribution in [2.24, 2.45) is 0 Å². The molecule has 1 atom stereocenters. The Bertz CT molecular complexity index is 1260. The molecule has 1 saturated heterocycles. The van der Waals surface area contributed by atoms with Crippen molar-refractivity contribution in [3.63, 3.8) is 0 Å². The first-order valence-electron chi connectivity index (χ1n) is 9.75. The Kier molecular flexibility index (Phi) is 5.55. The summed E-state index contributed by atoms with van der Waals surface area (Å²) in [5, 5.41) is 20.9. The van der Waals surface area contributed by atoms with Crippen molar-refractivity contribution in [2.75, 3.05) is 4.90 Å². The number of aromatic carboxylic acids is 1. The van der Waals surface area contributed by atoms with E-state index in [1.807, 2.05) is 6.92 Å². The molecule has 0 saturated carbocycles. The maximum absolute atomic E-state index is 13.1. The Morgan fingerprint density at radius 1 is 0.906 bits per heavy atom. The number of nitrogens with zero attached hydrogens (tertiary/aromatic N) is 1. The number of hydrogen-bond acceptors (Lipinski definition) is 4. The molecule has 1 heterocycles. The predicted octanol–water partition coefficient (Wildman–Crippen LogP) is 4.97. The average molecular weight is 448 g/mol. The average Bonchev–Trinajstić information content (AvgIpc) is 3.05. The molecule has 1 aliphatic heterocycles. The number of aliphatic hydroxyl groups is 1. The van der Waals surface area contributed by atoms with Crippen LogP contribution in [-0.4, -0.2) is 27.9 Å². The lowest BCUT2D eigenvalue weighted by atomic mass is 9.95. The zero-order valence-corrected chi connectivity index (χ0v) is 17.7. The Morgan fingerprint density at radius 3 is 2.19 bits per heavy atom. The van der Waals surface area contributed by atoms with Crippen molar-refractivity contribution in [3.05, 3.63) is 106 Å². The molecule has 0 spiro atoms. The van der Waals surface area contributed by atoms with E-state index in [1.165, 1.54) is 23.1 Å². The topological polar surface area (TPSA) is 94.9 Å². The molecule has 6 nitrogen and oxygen atoms in total. The normalized spacial score (nSPS) is 17.6. The SMILES string of the molecule is Cc1ccc(/C(O)=C2\C(=O)C(=O)N(c3cccc(C(=O)O)c3)C2c2ccc(Cl)cc2)cc1. The number of carboxylic acid groups (broad SMARTS) is 1. The Labute approximate surface area is 189 Å². The van der Waals surface area contributed by atoms with Gasteiger partial charge in [-0.1, -0.05) is 59.6 Å². The molecule has 1 fully saturated rings. The van der Waals surface area contributed by atoms with Gasteiger partial charge in [0, 0.05) is 16.3 Å². The molecule has 4 rings (SSSR count). The van der Waals surface area contributed by atoms with Gasteiger partial charge in [0.1, 0.15) is 5.76 Å². The van der Waals surface area contributed by atoms with Gasteiger partial charge in [0.2, 0.25) is 0 Å². The standard InChI is InChI=1S/C25H18ClNO5/c1-14-5-7-16(8-6-14)22(28)20-21(15-9-11-18(26)12-10-15)27(24(30)23(20)29)19-4-2-3-17(13-19)25(31)32/h2-13,21,28H,1H3,(H,31,32)/b22-20+. The molecular formula is C25H18ClNO5. The van der Waals surface area contributed by atoms with Crippen LogP contribution in [0, 0.1) is 6.92 Å². The lowest BCUT2D eigenvalue weighted by Gasteiger charge is -2.25. The van der Waals surface area contributed by atoms with Crippen molar-refractivity contribution >= 4 is 40.7 Å². The number of carbonyl (C=O) groups is 3. The zero-order valence-electron chi connectivity index (χ0n) is 16.9. The second kappa shape index (κ2) is 8.32. The number of carboxylic acids is 1. The molecule has 3 aromatic rings. The number of carbonyl (C=O) groups excluding carboxylic acids is 2. The van der Waals surface area contributed by atoms with Crippen LogP contribution in [0.2, 0.25) is 5.02 Å². The molecule has 1 unspecified atom stereocenters. The minimum absolute atomic E-state index is 0.0298. The number of amides is 1. The summed E-state index contributed by atoms with van der Waals surface area (Å²) in [6, 6.07) is 18.3. The van der Waals surface area contributed by atoms with Gasteiger partial charge in [0.25, 0.3) is 11.7 Å². The number of Topliss-reactive ketones (excluding diaryl/α,β-unsaturated/α-hetero) is 1. The highest BCUT2D eigenvalue weighted by atomic mass is 35.5. The molecule has 7 heteroatoms. The van der Waals surface area contributed by atoms with E-state index >= 15 is 0 Å². The third-order valence-corrected chi connectivity index (χ3v) is 5.58. The van der Waals surface area contributed by atoms with Crippen LogP contribution in [0.25, 0.3) is 5.76 Å². The van der Waals surface area contributed by atoms with Gasteiger partial charge < -0.3 is 10.2 Å². The van der Waals surface area contributed by atoms with Crippen LogP contribution in [0.5, 0.6) is 0 Å². The molecule has 0 aromatic heterocycles. The summed E-state index contributed by atoms with van der Waals surface area (Å²) in [7, 11) is 0. The number of halogens is 1. The highest BCUT2D eigenvalue weighted by Gasteiger charge is 2.47. The molecule has 3 aromatic carbocycles. The summed E-state index contributed by atoms with van der Waals surface area (Å²) >= 11 is 6.02. The van der Waals surface area contributed by atoms with Gasteiger partial charge in [0.05, 0.1) is 17.2 Å². The highest BCUT2D eigenvalue weighted by molar-refractivity contribution is 6.51. The fourth-order valence-corrected chi connectivity index (χ4v) is 3.84. The summed E-state index contributed by atoms with van der Waals surface area (Å²) in [5.41, 5.74) is 2.03. The molecule has 1 aliphatic rings. The molecular weight excluding hydrogens is 430 g/mol. The first kappa shape index (κ1) is 21.3. The van der Waals surface area contributed by atoms with Gasteiger partial charge >= 0.3 is 5.97 Å². The van der Waals surface area contributed by atoms with Crippen LogP contribution in [0.3, 0.4) is 0 Å². The van der Waals surface area contributed by atoms with Gasteiger partial charge in [0.15, 0.2) is 0 Å². The van der Waals surface area contributed by atoms with Crippen LogP contribution in [0.4, 0.5) is 5.69 Å². The van der Waals surface area contributed by atoms with E-state index in [4.69, 9.17) is 11.6 Å². The van der Waals surface area contributed by atoms with E-state index in [2.05, 4.69) is 0 Å². The predicted molar refractivity (Wildman–Crippen MR) is 121 cm³/mol. The van der Waals surface area contributed by atoms with Gasteiger partial charge in [-0.05, 0) is 42.8 Å². The van der Waals surface area contributed by atoms with Crippen molar-refractivity contribution in [1.82, 2.24) is 0 Å². The van der Waals surface area contributed by atoms with E-state index in [9.17, 15) is 24.6 Å². The van der Waals surface area contributed by atoms with Crippen LogP contribution in [0.15, 0.2) is 78.4 Å². The fourth-order valence-electron chi connectivity index (χ4n) is 3.72. The van der Waals surface area contributed by atoms with Crippen molar-refractivity contribution in [2.45, 2.75) is 13.0 Å². The van der Waals surface area contributed by atoms with Gasteiger partial charge in [-0.25, -0.2) is 4.79 Å². The number of ketones is 1. The van der Waals surface area contributed by atoms with E-state index in [-0.39, 0.29) is 22.6 Å².